The lowest BCUT2D eigenvalue weighted by molar-refractivity contribution is 0.0543. The van der Waals surface area contributed by atoms with Crippen LogP contribution < -0.4 is 10.1 Å². The first-order valence-electron chi connectivity index (χ1n) is 8.10. The van der Waals surface area contributed by atoms with Crippen LogP contribution in [-0.4, -0.2) is 25.8 Å². The number of hydrogen-bond donors (Lipinski definition) is 1. The van der Waals surface area contributed by atoms with Crippen LogP contribution >= 0.6 is 0 Å². The largest absolute Gasteiger partial charge is 0.494 e. The second-order valence-electron chi connectivity index (χ2n) is 5.68. The molecule has 3 rings (SSSR count). The van der Waals surface area contributed by atoms with Crippen molar-refractivity contribution < 1.29 is 13.9 Å². The molecule has 0 saturated carbocycles. The van der Waals surface area contributed by atoms with Crippen LogP contribution in [0.25, 0.3) is 11.1 Å². The first-order chi connectivity index (χ1) is 11.3. The summed E-state index contributed by atoms with van der Waals surface area (Å²) >= 11 is 0. The average Bonchev–Trinajstić information content (AvgIpc) is 3.08. The van der Waals surface area contributed by atoms with Gasteiger partial charge in [-0.3, -0.25) is 0 Å². The third-order valence-electron chi connectivity index (χ3n) is 4.03. The highest BCUT2D eigenvalue weighted by atomic mass is 19.1. The predicted molar refractivity (Wildman–Crippen MR) is 89.1 cm³/mol. The van der Waals surface area contributed by atoms with Crippen molar-refractivity contribution >= 4 is 0 Å². The van der Waals surface area contributed by atoms with Crippen LogP contribution in [0.2, 0.25) is 0 Å². The van der Waals surface area contributed by atoms with Gasteiger partial charge in [-0.15, -0.1) is 0 Å². The standard InChI is InChI=1S/C19H22FNO2/c1-2-22-17-6-3-14(4-7-17)19-8-5-16(20)11-15(19)13-23-18-9-10-21-12-18/h3-8,11,18,21H,2,9-10,12-13H2,1H3/t18-/m0/s1. The molecule has 3 nitrogen and oxygen atoms in total. The molecule has 0 aromatic heterocycles. The molecular formula is C19H22FNO2. The summed E-state index contributed by atoms with van der Waals surface area (Å²) in [6, 6.07) is 12.7. The fourth-order valence-electron chi connectivity index (χ4n) is 2.84. The molecule has 1 saturated heterocycles. The Hall–Kier alpha value is -1.91. The number of nitrogens with one attached hydrogen (secondary N) is 1. The molecule has 0 unspecified atom stereocenters. The van der Waals surface area contributed by atoms with E-state index in [1.165, 1.54) is 6.07 Å². The van der Waals surface area contributed by atoms with Gasteiger partial charge in [-0.2, -0.15) is 0 Å². The molecule has 4 heteroatoms. The summed E-state index contributed by atoms with van der Waals surface area (Å²) in [5.74, 6) is 0.607. The Morgan fingerprint density at radius 3 is 2.70 bits per heavy atom. The number of hydrogen-bond acceptors (Lipinski definition) is 3. The van der Waals surface area contributed by atoms with Gasteiger partial charge in [0.15, 0.2) is 0 Å². The van der Waals surface area contributed by atoms with Crippen molar-refractivity contribution in [2.24, 2.45) is 0 Å². The Bertz CT molecular complexity index is 636. The molecule has 1 aliphatic rings. The van der Waals surface area contributed by atoms with Gasteiger partial charge in [0.1, 0.15) is 11.6 Å². The van der Waals surface area contributed by atoms with Gasteiger partial charge >= 0.3 is 0 Å². The van der Waals surface area contributed by atoms with Crippen molar-refractivity contribution in [3.8, 4) is 16.9 Å². The molecule has 1 N–H and O–H groups in total. The number of benzene rings is 2. The van der Waals surface area contributed by atoms with Crippen LogP contribution in [0.15, 0.2) is 42.5 Å². The van der Waals surface area contributed by atoms with Gasteiger partial charge in [0.25, 0.3) is 0 Å². The monoisotopic (exact) mass is 315 g/mol. The number of rotatable bonds is 6. The molecule has 1 atom stereocenters. The number of ether oxygens (including phenoxy) is 2. The van der Waals surface area contributed by atoms with Crippen molar-refractivity contribution in [1.29, 1.82) is 0 Å². The van der Waals surface area contributed by atoms with E-state index in [4.69, 9.17) is 9.47 Å². The molecule has 0 bridgehead atoms. The van der Waals surface area contributed by atoms with Crippen LogP contribution in [-0.2, 0) is 11.3 Å². The Morgan fingerprint density at radius 2 is 2.00 bits per heavy atom. The predicted octanol–water partition coefficient (Wildman–Crippen LogP) is 3.77. The Balaban J connectivity index is 1.79. The van der Waals surface area contributed by atoms with E-state index in [1.807, 2.05) is 37.3 Å². The van der Waals surface area contributed by atoms with E-state index in [0.717, 1.165) is 42.0 Å². The normalized spacial score (nSPS) is 17.4. The highest BCUT2D eigenvalue weighted by Gasteiger charge is 2.16. The van der Waals surface area contributed by atoms with Gasteiger partial charge in [-0.05, 0) is 60.8 Å². The molecule has 1 aliphatic heterocycles. The summed E-state index contributed by atoms with van der Waals surface area (Å²) in [6.45, 7) is 4.88. The van der Waals surface area contributed by atoms with E-state index in [-0.39, 0.29) is 11.9 Å². The van der Waals surface area contributed by atoms with Crippen LogP contribution in [0.4, 0.5) is 4.39 Å². The first-order valence-corrected chi connectivity index (χ1v) is 8.10. The fraction of sp³-hybridized carbons (Fsp3) is 0.368. The average molecular weight is 315 g/mol. The van der Waals surface area contributed by atoms with Gasteiger partial charge in [-0.1, -0.05) is 18.2 Å². The molecule has 0 radical (unpaired) electrons. The first kappa shape index (κ1) is 16.0. The minimum absolute atomic E-state index is 0.214. The maximum Gasteiger partial charge on any atom is 0.123 e. The second kappa shape index (κ2) is 7.57. The molecule has 0 amide bonds. The molecule has 0 aliphatic carbocycles. The van der Waals surface area contributed by atoms with E-state index in [0.29, 0.717) is 13.2 Å². The van der Waals surface area contributed by atoms with Crippen LogP contribution in [0.3, 0.4) is 0 Å². The van der Waals surface area contributed by atoms with Gasteiger partial charge in [0.2, 0.25) is 0 Å². The topological polar surface area (TPSA) is 30.5 Å². The van der Waals surface area contributed by atoms with E-state index < -0.39 is 0 Å². The molecular weight excluding hydrogens is 293 g/mol. The third kappa shape index (κ3) is 4.09. The van der Waals surface area contributed by atoms with Crippen molar-refractivity contribution in [3.63, 3.8) is 0 Å². The molecule has 2 aromatic carbocycles. The zero-order chi connectivity index (χ0) is 16.1. The van der Waals surface area contributed by atoms with Crippen LogP contribution in [0, 0.1) is 5.82 Å². The smallest absolute Gasteiger partial charge is 0.123 e. The SMILES string of the molecule is CCOc1ccc(-c2ccc(F)cc2CO[C@H]2CCNC2)cc1. The lowest BCUT2D eigenvalue weighted by Crippen LogP contribution is -2.16. The summed E-state index contributed by atoms with van der Waals surface area (Å²) in [5, 5.41) is 3.27. The maximum absolute atomic E-state index is 13.6. The van der Waals surface area contributed by atoms with Gasteiger partial charge in [-0.25, -0.2) is 4.39 Å². The fourth-order valence-corrected chi connectivity index (χ4v) is 2.84. The highest BCUT2D eigenvalue weighted by Crippen LogP contribution is 2.27. The van der Waals surface area contributed by atoms with Crippen molar-refractivity contribution in [1.82, 2.24) is 5.32 Å². The van der Waals surface area contributed by atoms with E-state index in [1.54, 1.807) is 6.07 Å². The molecule has 1 fully saturated rings. The summed E-state index contributed by atoms with van der Waals surface area (Å²) in [5.41, 5.74) is 2.91. The summed E-state index contributed by atoms with van der Waals surface area (Å²) < 4.78 is 25.0. The van der Waals surface area contributed by atoms with Gasteiger partial charge in [0.05, 0.1) is 19.3 Å². The Labute approximate surface area is 136 Å². The van der Waals surface area contributed by atoms with Gasteiger partial charge in [0, 0.05) is 6.54 Å². The Morgan fingerprint density at radius 1 is 1.17 bits per heavy atom. The van der Waals surface area contributed by atoms with Crippen LogP contribution in [0.1, 0.15) is 18.9 Å². The zero-order valence-corrected chi connectivity index (χ0v) is 13.3. The van der Waals surface area contributed by atoms with Crippen molar-refractivity contribution in [3.05, 3.63) is 53.8 Å². The molecule has 2 aromatic rings. The van der Waals surface area contributed by atoms with E-state index >= 15 is 0 Å². The Kier molecular flexibility index (Phi) is 5.26. The summed E-state index contributed by atoms with van der Waals surface area (Å²) in [7, 11) is 0. The lowest BCUT2D eigenvalue weighted by Gasteiger charge is -2.14. The highest BCUT2D eigenvalue weighted by molar-refractivity contribution is 5.68. The molecule has 1 heterocycles. The molecule has 122 valence electrons. The minimum atomic E-state index is -0.233. The second-order valence-corrected chi connectivity index (χ2v) is 5.68. The maximum atomic E-state index is 13.6. The van der Waals surface area contributed by atoms with Crippen molar-refractivity contribution in [2.45, 2.75) is 26.1 Å². The van der Waals surface area contributed by atoms with Crippen LogP contribution in [0.5, 0.6) is 5.75 Å². The van der Waals surface area contributed by atoms with E-state index in [2.05, 4.69) is 5.32 Å². The summed E-state index contributed by atoms with van der Waals surface area (Å²) in [4.78, 5) is 0. The van der Waals surface area contributed by atoms with E-state index in [9.17, 15) is 4.39 Å². The quantitative estimate of drug-likeness (QED) is 0.880. The number of halogens is 1. The third-order valence-corrected chi connectivity index (χ3v) is 4.03. The molecule has 23 heavy (non-hydrogen) atoms. The minimum Gasteiger partial charge on any atom is -0.494 e. The lowest BCUT2D eigenvalue weighted by atomic mass is 10.00. The zero-order valence-electron chi connectivity index (χ0n) is 13.3. The summed E-state index contributed by atoms with van der Waals surface area (Å²) in [6.07, 6.45) is 1.22. The van der Waals surface area contributed by atoms with Crippen molar-refractivity contribution in [2.75, 3.05) is 19.7 Å². The van der Waals surface area contributed by atoms with Gasteiger partial charge < -0.3 is 14.8 Å². The molecule has 0 spiro atoms.